The summed E-state index contributed by atoms with van der Waals surface area (Å²) < 4.78 is 32.4. The fourth-order valence-corrected chi connectivity index (χ4v) is 6.05. The predicted molar refractivity (Wildman–Crippen MR) is 131 cm³/mol. The molecule has 1 amide bonds. The number of amides is 1. The first-order valence-corrected chi connectivity index (χ1v) is 13.3. The lowest BCUT2D eigenvalue weighted by Gasteiger charge is -2.40. The molecule has 0 radical (unpaired) electrons. The number of ether oxygens (including phenoxy) is 1. The van der Waals surface area contributed by atoms with Crippen molar-refractivity contribution in [3.05, 3.63) is 60.2 Å². The van der Waals surface area contributed by atoms with Crippen LogP contribution < -0.4 is 4.74 Å². The van der Waals surface area contributed by atoms with E-state index >= 15 is 0 Å². The van der Waals surface area contributed by atoms with Crippen LogP contribution in [0.1, 0.15) is 12.5 Å². The molecule has 0 saturated carbocycles. The Bertz CT molecular complexity index is 1050. The zero-order chi connectivity index (χ0) is 24.1. The zero-order valence-corrected chi connectivity index (χ0v) is 20.8. The molecule has 2 heterocycles. The van der Waals surface area contributed by atoms with Crippen LogP contribution in [0.3, 0.4) is 0 Å². The molecule has 0 aromatic heterocycles. The Morgan fingerprint density at radius 1 is 0.882 bits per heavy atom. The van der Waals surface area contributed by atoms with Crippen molar-refractivity contribution >= 4 is 15.9 Å². The smallest absolute Gasteiger partial charge is 0.243 e. The quantitative estimate of drug-likeness (QED) is 0.594. The average molecular weight is 487 g/mol. The van der Waals surface area contributed by atoms with Gasteiger partial charge in [-0.05, 0) is 36.8 Å². The third-order valence-corrected chi connectivity index (χ3v) is 8.72. The molecule has 34 heavy (non-hydrogen) atoms. The number of nitrogens with zero attached hydrogens (tertiary/aromatic N) is 4. The second-order valence-corrected chi connectivity index (χ2v) is 10.8. The van der Waals surface area contributed by atoms with Gasteiger partial charge in [-0.3, -0.25) is 14.6 Å². The highest BCUT2D eigenvalue weighted by Gasteiger charge is 2.33. The summed E-state index contributed by atoms with van der Waals surface area (Å²) in [5.74, 6) is 0.944. The van der Waals surface area contributed by atoms with Crippen LogP contribution in [0.4, 0.5) is 0 Å². The molecule has 2 aliphatic heterocycles. The van der Waals surface area contributed by atoms with Gasteiger partial charge in [-0.2, -0.15) is 4.31 Å². The molecular weight excluding hydrogens is 452 g/mol. The molecule has 2 saturated heterocycles. The average Bonchev–Trinajstić information content (AvgIpc) is 2.89. The van der Waals surface area contributed by atoms with Crippen molar-refractivity contribution in [1.82, 2.24) is 19.0 Å². The van der Waals surface area contributed by atoms with Crippen molar-refractivity contribution in [3.63, 3.8) is 0 Å². The van der Waals surface area contributed by atoms with Gasteiger partial charge in [0.1, 0.15) is 5.75 Å². The van der Waals surface area contributed by atoms with Gasteiger partial charge in [-0.15, -0.1) is 0 Å². The molecule has 1 atom stereocenters. The maximum absolute atomic E-state index is 13.1. The van der Waals surface area contributed by atoms with Gasteiger partial charge in [0.2, 0.25) is 15.9 Å². The molecule has 0 spiro atoms. The van der Waals surface area contributed by atoms with Gasteiger partial charge in [0.05, 0.1) is 18.0 Å². The lowest BCUT2D eigenvalue weighted by molar-refractivity contribution is -0.138. The number of methoxy groups -OCH3 is 1. The molecule has 0 unspecified atom stereocenters. The van der Waals surface area contributed by atoms with Crippen molar-refractivity contribution < 1.29 is 17.9 Å². The van der Waals surface area contributed by atoms with Gasteiger partial charge < -0.3 is 9.64 Å². The number of carbonyl (C=O) groups is 1. The molecule has 2 aliphatic rings. The standard InChI is InChI=1S/C25H34N4O4S/c1-21(27-14-12-26(13-15-27)20-22-8-10-23(33-2)11-9-22)25(30)28-16-18-29(19-17-28)34(31,32)24-6-4-3-5-7-24/h3-11,21H,12-20H2,1-2H3/t21-/m0/s1. The summed E-state index contributed by atoms with van der Waals surface area (Å²) >= 11 is 0. The van der Waals surface area contributed by atoms with Crippen LogP contribution in [0.15, 0.2) is 59.5 Å². The monoisotopic (exact) mass is 486 g/mol. The molecule has 2 aromatic carbocycles. The highest BCUT2D eigenvalue weighted by Crippen LogP contribution is 2.19. The Morgan fingerprint density at radius 2 is 1.50 bits per heavy atom. The third-order valence-electron chi connectivity index (χ3n) is 6.81. The number of sulfonamides is 1. The number of carbonyl (C=O) groups excluding carboxylic acids is 1. The van der Waals surface area contributed by atoms with Crippen LogP contribution in [-0.4, -0.2) is 98.8 Å². The number of hydrogen-bond acceptors (Lipinski definition) is 6. The maximum atomic E-state index is 13.1. The molecule has 9 heteroatoms. The molecule has 8 nitrogen and oxygen atoms in total. The molecule has 0 bridgehead atoms. The minimum atomic E-state index is -3.52. The Hall–Kier alpha value is -2.46. The number of piperazine rings is 2. The van der Waals surface area contributed by atoms with Gasteiger partial charge >= 0.3 is 0 Å². The first kappa shape index (κ1) is 24.7. The number of rotatable bonds is 7. The molecule has 184 valence electrons. The summed E-state index contributed by atoms with van der Waals surface area (Å²) in [7, 11) is -1.85. The Morgan fingerprint density at radius 3 is 2.09 bits per heavy atom. The van der Waals surface area contributed by atoms with E-state index in [1.807, 2.05) is 24.0 Å². The van der Waals surface area contributed by atoms with Crippen molar-refractivity contribution in [1.29, 1.82) is 0 Å². The highest BCUT2D eigenvalue weighted by atomic mass is 32.2. The second kappa shape index (κ2) is 10.9. The molecule has 0 N–H and O–H groups in total. The second-order valence-electron chi connectivity index (χ2n) is 8.88. The van der Waals surface area contributed by atoms with E-state index in [2.05, 4.69) is 21.9 Å². The van der Waals surface area contributed by atoms with Gasteiger partial charge in [0, 0.05) is 58.9 Å². The minimum absolute atomic E-state index is 0.0837. The van der Waals surface area contributed by atoms with E-state index in [1.165, 1.54) is 9.87 Å². The normalized spacial score (nSPS) is 19.6. The van der Waals surface area contributed by atoms with Crippen LogP contribution in [0, 0.1) is 0 Å². The Kier molecular flexibility index (Phi) is 7.88. The van der Waals surface area contributed by atoms with Gasteiger partial charge in [-0.1, -0.05) is 30.3 Å². The van der Waals surface area contributed by atoms with Crippen molar-refractivity contribution in [3.8, 4) is 5.75 Å². The van der Waals surface area contributed by atoms with Crippen LogP contribution in [0.25, 0.3) is 0 Å². The van der Waals surface area contributed by atoms with Gasteiger partial charge in [0.25, 0.3) is 0 Å². The number of benzene rings is 2. The number of hydrogen-bond donors (Lipinski definition) is 0. The fraction of sp³-hybridized carbons (Fsp3) is 0.480. The first-order chi connectivity index (χ1) is 16.4. The molecule has 4 rings (SSSR count). The lowest BCUT2D eigenvalue weighted by Crippen LogP contribution is -2.57. The summed E-state index contributed by atoms with van der Waals surface area (Å²) in [5, 5.41) is 0. The van der Waals surface area contributed by atoms with Crippen LogP contribution >= 0.6 is 0 Å². The molecule has 2 fully saturated rings. The minimum Gasteiger partial charge on any atom is -0.497 e. The predicted octanol–water partition coefficient (Wildman–Crippen LogP) is 1.73. The molecule has 0 aliphatic carbocycles. The van der Waals surface area contributed by atoms with E-state index < -0.39 is 10.0 Å². The Balaban J connectivity index is 1.25. The van der Waals surface area contributed by atoms with Crippen molar-refractivity contribution in [2.45, 2.75) is 24.4 Å². The van der Waals surface area contributed by atoms with E-state index in [9.17, 15) is 13.2 Å². The summed E-state index contributed by atoms with van der Waals surface area (Å²) in [4.78, 5) is 19.9. The van der Waals surface area contributed by atoms with E-state index in [1.54, 1.807) is 37.4 Å². The maximum Gasteiger partial charge on any atom is 0.243 e. The van der Waals surface area contributed by atoms with E-state index in [4.69, 9.17) is 4.74 Å². The van der Waals surface area contributed by atoms with Crippen LogP contribution in [0.2, 0.25) is 0 Å². The van der Waals surface area contributed by atoms with Crippen molar-refractivity contribution in [2.75, 3.05) is 59.5 Å². The third kappa shape index (κ3) is 5.60. The topological polar surface area (TPSA) is 73.4 Å². The van der Waals surface area contributed by atoms with Crippen LogP contribution in [-0.2, 0) is 21.4 Å². The Labute approximate surface area is 202 Å². The van der Waals surface area contributed by atoms with Gasteiger partial charge in [-0.25, -0.2) is 8.42 Å². The lowest BCUT2D eigenvalue weighted by atomic mass is 10.1. The van der Waals surface area contributed by atoms with Gasteiger partial charge in [0.15, 0.2) is 0 Å². The SMILES string of the molecule is COc1ccc(CN2CCN([C@@H](C)C(=O)N3CCN(S(=O)(=O)c4ccccc4)CC3)CC2)cc1. The van der Waals surface area contributed by atoms with Crippen LogP contribution in [0.5, 0.6) is 5.75 Å². The van der Waals surface area contributed by atoms with E-state index in [0.717, 1.165) is 38.5 Å². The zero-order valence-electron chi connectivity index (χ0n) is 20.0. The highest BCUT2D eigenvalue weighted by molar-refractivity contribution is 7.89. The van der Waals surface area contributed by atoms with E-state index in [-0.39, 0.29) is 11.9 Å². The summed E-state index contributed by atoms with van der Waals surface area (Å²) in [5.41, 5.74) is 1.25. The molecular formula is C25H34N4O4S. The summed E-state index contributed by atoms with van der Waals surface area (Å²) in [6.07, 6.45) is 0. The summed E-state index contributed by atoms with van der Waals surface area (Å²) in [6, 6.07) is 16.4. The molecule has 2 aromatic rings. The largest absolute Gasteiger partial charge is 0.497 e. The first-order valence-electron chi connectivity index (χ1n) is 11.8. The van der Waals surface area contributed by atoms with E-state index in [0.29, 0.717) is 31.1 Å². The summed E-state index contributed by atoms with van der Waals surface area (Å²) in [6.45, 7) is 7.85. The van der Waals surface area contributed by atoms with Crippen molar-refractivity contribution in [2.24, 2.45) is 0 Å². The fourth-order valence-electron chi connectivity index (χ4n) is 4.61.